The summed E-state index contributed by atoms with van der Waals surface area (Å²) < 4.78 is 33.6. The third kappa shape index (κ3) is 26.7. The van der Waals surface area contributed by atoms with Crippen molar-refractivity contribution in [3.8, 4) is 0 Å². The quantitative estimate of drug-likeness (QED) is 0.0184. The Morgan fingerprint density at radius 1 is 0.470 bits per heavy atom. The first-order valence-electron chi connectivity index (χ1n) is 25.9. The molecule has 0 aromatic heterocycles. The van der Waals surface area contributed by atoms with Crippen LogP contribution in [-0.2, 0) is 38.0 Å². The van der Waals surface area contributed by atoms with Crippen LogP contribution in [0.25, 0.3) is 0 Å². The molecule has 0 saturated carbocycles. The van der Waals surface area contributed by atoms with Gasteiger partial charge in [0, 0.05) is 12.8 Å². The Kier molecular flexibility index (Phi) is 35.3. The van der Waals surface area contributed by atoms with Crippen molar-refractivity contribution in [2.24, 2.45) is 0 Å². The van der Waals surface area contributed by atoms with Gasteiger partial charge in [-0.2, -0.15) is 0 Å². The van der Waals surface area contributed by atoms with E-state index in [9.17, 15) is 45.3 Å². The molecule has 0 spiro atoms. The standard InChI is InChI=1S/C51H92O15/c1-3-5-7-9-11-13-15-17-19-21-23-25-27-29-31-33-42(53)61-36-39(64-43(54)34-32-30-28-26-24-22-20-18-16-14-12-10-8-6-4-2)37-62-50-49(60)47(58)45(56)41(66-50)38-63-51-48(59)46(57)44(55)40(35-52)65-51/h17-20,39-41,44-52,55-60H,3-16,21-38H2,1-2H3/b19-17-,20-18-/t39-,40-,41-,44+,45+,46+,47+,48-,49-,50-,51-/m1/s1. The Hall–Kier alpha value is -2.02. The van der Waals surface area contributed by atoms with Crippen LogP contribution in [0.5, 0.6) is 0 Å². The average Bonchev–Trinajstić information content (AvgIpc) is 3.31. The summed E-state index contributed by atoms with van der Waals surface area (Å²) in [5, 5.41) is 72.0. The van der Waals surface area contributed by atoms with Crippen molar-refractivity contribution in [1.82, 2.24) is 0 Å². The van der Waals surface area contributed by atoms with Crippen molar-refractivity contribution in [1.29, 1.82) is 0 Å². The highest BCUT2D eigenvalue weighted by atomic mass is 16.7. The van der Waals surface area contributed by atoms with E-state index in [1.54, 1.807) is 0 Å². The Morgan fingerprint density at radius 3 is 1.33 bits per heavy atom. The lowest BCUT2D eigenvalue weighted by Crippen LogP contribution is -2.61. The SMILES string of the molecule is CCCCCCCC/C=C\CCCCCCCC(=O)OC[C@H](CO[C@@H]1O[C@H](CO[C@@H]2O[C@H](CO)[C@H](O)[C@H](O)[C@H]2O)[C@H](O)[C@H](O)[C@H]1O)OC(=O)CCCCCCC/C=C\CCCCCCCC. The first-order chi connectivity index (χ1) is 32.0. The Bertz CT molecular complexity index is 1250. The minimum atomic E-state index is -1.77. The molecule has 66 heavy (non-hydrogen) atoms. The Morgan fingerprint density at radius 2 is 0.864 bits per heavy atom. The van der Waals surface area contributed by atoms with Gasteiger partial charge in [0.05, 0.1) is 19.8 Å². The molecule has 11 atom stereocenters. The average molecular weight is 945 g/mol. The first kappa shape index (κ1) is 60.1. The molecule has 2 fully saturated rings. The number of rotatable bonds is 40. The van der Waals surface area contributed by atoms with Gasteiger partial charge in [0.15, 0.2) is 18.7 Å². The van der Waals surface area contributed by atoms with Crippen LogP contribution in [-0.4, -0.2) is 142 Å². The fourth-order valence-corrected chi connectivity index (χ4v) is 8.09. The van der Waals surface area contributed by atoms with Crippen molar-refractivity contribution in [2.45, 2.75) is 261 Å². The highest BCUT2D eigenvalue weighted by Crippen LogP contribution is 2.26. The van der Waals surface area contributed by atoms with Crippen molar-refractivity contribution in [3.05, 3.63) is 24.3 Å². The summed E-state index contributed by atoms with van der Waals surface area (Å²) in [5.41, 5.74) is 0. The second-order valence-electron chi connectivity index (χ2n) is 18.3. The molecule has 0 bridgehead atoms. The maximum Gasteiger partial charge on any atom is 0.306 e. The number of hydrogen-bond donors (Lipinski definition) is 7. The van der Waals surface area contributed by atoms with Gasteiger partial charge < -0.3 is 64.2 Å². The van der Waals surface area contributed by atoms with E-state index in [-0.39, 0.29) is 26.1 Å². The van der Waals surface area contributed by atoms with Gasteiger partial charge in [0.25, 0.3) is 0 Å². The van der Waals surface area contributed by atoms with Gasteiger partial charge in [0.1, 0.15) is 55.4 Å². The molecule has 0 aromatic carbocycles. The maximum absolute atomic E-state index is 13.0. The van der Waals surface area contributed by atoms with E-state index in [2.05, 4.69) is 38.2 Å². The predicted octanol–water partition coefficient (Wildman–Crippen LogP) is 7.16. The first-order valence-corrected chi connectivity index (χ1v) is 25.9. The van der Waals surface area contributed by atoms with E-state index in [1.807, 2.05) is 0 Å². The number of hydrogen-bond acceptors (Lipinski definition) is 15. The van der Waals surface area contributed by atoms with Gasteiger partial charge in [-0.25, -0.2) is 0 Å². The third-order valence-electron chi connectivity index (χ3n) is 12.4. The predicted molar refractivity (Wildman–Crippen MR) is 252 cm³/mol. The Labute approximate surface area is 396 Å². The molecule has 2 aliphatic rings. The van der Waals surface area contributed by atoms with Crippen LogP contribution < -0.4 is 0 Å². The fraction of sp³-hybridized carbons (Fsp3) is 0.882. The van der Waals surface area contributed by atoms with Crippen LogP contribution in [0.3, 0.4) is 0 Å². The van der Waals surface area contributed by atoms with E-state index < -0.39 is 92.7 Å². The van der Waals surface area contributed by atoms with Crippen LogP contribution in [0.1, 0.15) is 194 Å². The van der Waals surface area contributed by atoms with Crippen LogP contribution in [0.2, 0.25) is 0 Å². The molecule has 0 unspecified atom stereocenters. The normalized spacial score (nSPS) is 26.3. The number of carbonyl (C=O) groups is 2. The summed E-state index contributed by atoms with van der Waals surface area (Å²) in [4.78, 5) is 25.7. The van der Waals surface area contributed by atoms with Crippen molar-refractivity contribution >= 4 is 11.9 Å². The van der Waals surface area contributed by atoms with Gasteiger partial charge in [-0.15, -0.1) is 0 Å². The van der Waals surface area contributed by atoms with Crippen LogP contribution in [0.4, 0.5) is 0 Å². The molecular weight excluding hydrogens is 853 g/mol. The number of aliphatic hydroxyl groups is 7. The molecule has 386 valence electrons. The molecule has 0 radical (unpaired) electrons. The van der Waals surface area contributed by atoms with Crippen LogP contribution in [0, 0.1) is 0 Å². The van der Waals surface area contributed by atoms with Gasteiger partial charge in [-0.05, 0) is 64.2 Å². The second-order valence-corrected chi connectivity index (χ2v) is 18.3. The minimum absolute atomic E-state index is 0.155. The largest absolute Gasteiger partial charge is 0.462 e. The Balaban J connectivity index is 1.82. The van der Waals surface area contributed by atoms with Gasteiger partial charge in [0.2, 0.25) is 0 Å². The molecule has 15 nitrogen and oxygen atoms in total. The van der Waals surface area contributed by atoms with Crippen molar-refractivity contribution in [2.75, 3.05) is 26.4 Å². The highest BCUT2D eigenvalue weighted by molar-refractivity contribution is 5.70. The van der Waals surface area contributed by atoms with E-state index in [1.165, 1.54) is 77.0 Å². The zero-order valence-corrected chi connectivity index (χ0v) is 40.7. The van der Waals surface area contributed by atoms with E-state index in [4.69, 9.17) is 28.4 Å². The third-order valence-corrected chi connectivity index (χ3v) is 12.4. The number of aliphatic hydroxyl groups excluding tert-OH is 7. The number of allylic oxidation sites excluding steroid dienone is 4. The number of ether oxygens (including phenoxy) is 6. The lowest BCUT2D eigenvalue weighted by molar-refractivity contribution is -0.332. The van der Waals surface area contributed by atoms with Crippen LogP contribution >= 0.6 is 0 Å². The monoisotopic (exact) mass is 945 g/mol. The molecular formula is C51H92O15. The summed E-state index contributed by atoms with van der Waals surface area (Å²) in [7, 11) is 0. The molecule has 2 aliphatic heterocycles. The molecule has 0 aliphatic carbocycles. The smallest absolute Gasteiger partial charge is 0.306 e. The van der Waals surface area contributed by atoms with E-state index in [0.29, 0.717) is 12.8 Å². The molecule has 0 aromatic rings. The molecule has 2 saturated heterocycles. The molecule has 15 heteroatoms. The molecule has 0 amide bonds. The summed E-state index contributed by atoms with van der Waals surface area (Å²) in [6.07, 6.45) is 22.0. The van der Waals surface area contributed by atoms with E-state index in [0.717, 1.165) is 77.0 Å². The van der Waals surface area contributed by atoms with Gasteiger partial charge in [-0.1, -0.05) is 141 Å². The summed E-state index contributed by atoms with van der Waals surface area (Å²) in [6, 6.07) is 0. The zero-order chi connectivity index (χ0) is 48.2. The van der Waals surface area contributed by atoms with Crippen LogP contribution in [0.15, 0.2) is 24.3 Å². The maximum atomic E-state index is 13.0. The van der Waals surface area contributed by atoms with E-state index >= 15 is 0 Å². The molecule has 2 rings (SSSR count). The fourth-order valence-electron chi connectivity index (χ4n) is 8.09. The lowest BCUT2D eigenvalue weighted by Gasteiger charge is -2.42. The minimum Gasteiger partial charge on any atom is -0.462 e. The summed E-state index contributed by atoms with van der Waals surface area (Å²) >= 11 is 0. The second kappa shape index (κ2) is 38.8. The van der Waals surface area contributed by atoms with Crippen molar-refractivity contribution < 1.29 is 73.8 Å². The molecule has 2 heterocycles. The zero-order valence-electron chi connectivity index (χ0n) is 40.7. The number of esters is 2. The number of carbonyl (C=O) groups excluding carboxylic acids is 2. The molecule has 7 N–H and O–H groups in total. The van der Waals surface area contributed by atoms with Crippen molar-refractivity contribution in [3.63, 3.8) is 0 Å². The van der Waals surface area contributed by atoms with Gasteiger partial charge >= 0.3 is 11.9 Å². The number of unbranched alkanes of at least 4 members (excludes halogenated alkanes) is 22. The highest BCUT2D eigenvalue weighted by Gasteiger charge is 2.47. The summed E-state index contributed by atoms with van der Waals surface area (Å²) in [5.74, 6) is -0.940. The summed E-state index contributed by atoms with van der Waals surface area (Å²) in [6.45, 7) is 2.57. The lowest BCUT2D eigenvalue weighted by atomic mass is 9.98. The van der Waals surface area contributed by atoms with Gasteiger partial charge in [-0.3, -0.25) is 9.59 Å². The topological polar surface area (TPSA) is 231 Å².